The zero-order valence-corrected chi connectivity index (χ0v) is 18.6. The smallest absolute Gasteiger partial charge is 0.272 e. The van der Waals surface area contributed by atoms with E-state index in [0.29, 0.717) is 44.0 Å². The molecule has 0 spiro atoms. The zero-order chi connectivity index (χ0) is 23.0. The molecule has 0 saturated carbocycles. The third-order valence-corrected chi connectivity index (χ3v) is 5.42. The number of nitrogens with one attached hydrogen (secondary N) is 2. The van der Waals surface area contributed by atoms with Gasteiger partial charge in [-0.2, -0.15) is 0 Å². The maximum atomic E-state index is 12.9. The minimum atomic E-state index is -0.257. The van der Waals surface area contributed by atoms with Gasteiger partial charge >= 0.3 is 0 Å². The number of piperazine rings is 1. The fourth-order valence-corrected chi connectivity index (χ4v) is 3.69. The fraction of sp³-hybridized carbons (Fsp3) is 0.292. The van der Waals surface area contributed by atoms with Crippen molar-refractivity contribution >= 4 is 23.3 Å². The number of pyridine rings is 3. The second-order valence-corrected chi connectivity index (χ2v) is 7.62. The lowest BCUT2D eigenvalue weighted by molar-refractivity contribution is 0.0740. The monoisotopic (exact) mass is 445 g/mol. The van der Waals surface area contributed by atoms with E-state index in [1.165, 1.54) is 6.20 Å². The van der Waals surface area contributed by atoms with E-state index in [9.17, 15) is 9.59 Å². The third kappa shape index (κ3) is 5.43. The SMILES string of the molecule is CCNc1cccnc1N1CCN(C(=O)c2ccc(C(=O)NCc3ccccn3)cn2)CC1. The molecule has 33 heavy (non-hydrogen) atoms. The molecule has 9 nitrogen and oxygen atoms in total. The van der Waals surface area contributed by atoms with Crippen molar-refractivity contribution < 1.29 is 9.59 Å². The average Bonchev–Trinajstić information content (AvgIpc) is 2.88. The maximum absolute atomic E-state index is 12.9. The Morgan fingerprint density at radius 3 is 2.45 bits per heavy atom. The third-order valence-electron chi connectivity index (χ3n) is 5.42. The predicted molar refractivity (Wildman–Crippen MR) is 126 cm³/mol. The zero-order valence-electron chi connectivity index (χ0n) is 18.6. The van der Waals surface area contributed by atoms with E-state index in [-0.39, 0.29) is 11.8 Å². The second-order valence-electron chi connectivity index (χ2n) is 7.62. The number of hydrogen-bond acceptors (Lipinski definition) is 7. The number of amides is 2. The molecule has 0 unspecified atom stereocenters. The van der Waals surface area contributed by atoms with Crippen molar-refractivity contribution in [2.24, 2.45) is 0 Å². The standard InChI is InChI=1S/C24H27N7O2/c1-2-25-20-7-5-11-27-22(20)30-12-14-31(15-13-30)24(33)21-9-8-18(16-28-21)23(32)29-17-19-6-3-4-10-26-19/h3-11,16,25H,2,12-15,17H2,1H3,(H,29,32). The van der Waals surface area contributed by atoms with Crippen LogP contribution < -0.4 is 15.5 Å². The quantitative estimate of drug-likeness (QED) is 0.575. The van der Waals surface area contributed by atoms with Crippen LogP contribution in [0.4, 0.5) is 11.5 Å². The van der Waals surface area contributed by atoms with Gasteiger partial charge in [-0.1, -0.05) is 6.07 Å². The summed E-state index contributed by atoms with van der Waals surface area (Å²) in [5.41, 5.74) is 2.50. The van der Waals surface area contributed by atoms with Crippen LogP contribution >= 0.6 is 0 Å². The molecule has 170 valence electrons. The van der Waals surface area contributed by atoms with E-state index in [0.717, 1.165) is 23.7 Å². The summed E-state index contributed by atoms with van der Waals surface area (Å²) in [4.78, 5) is 42.2. The van der Waals surface area contributed by atoms with E-state index < -0.39 is 0 Å². The first kappa shape index (κ1) is 22.2. The highest BCUT2D eigenvalue weighted by atomic mass is 16.2. The van der Waals surface area contributed by atoms with Crippen LogP contribution in [0, 0.1) is 0 Å². The summed E-state index contributed by atoms with van der Waals surface area (Å²) in [5.74, 6) is 0.515. The van der Waals surface area contributed by atoms with Crippen LogP contribution in [0.5, 0.6) is 0 Å². The van der Waals surface area contributed by atoms with Crippen molar-refractivity contribution in [3.8, 4) is 0 Å². The van der Waals surface area contributed by atoms with Crippen molar-refractivity contribution in [1.29, 1.82) is 0 Å². The molecule has 9 heteroatoms. The normalized spacial score (nSPS) is 13.5. The number of nitrogens with zero attached hydrogens (tertiary/aromatic N) is 5. The van der Waals surface area contributed by atoms with Gasteiger partial charge in [-0.3, -0.25) is 19.6 Å². The first-order valence-corrected chi connectivity index (χ1v) is 11.0. The lowest BCUT2D eigenvalue weighted by Crippen LogP contribution is -2.49. The van der Waals surface area contributed by atoms with Gasteiger partial charge in [-0.25, -0.2) is 4.98 Å². The van der Waals surface area contributed by atoms with Crippen molar-refractivity contribution in [2.45, 2.75) is 13.5 Å². The number of carbonyl (C=O) groups excluding carboxylic acids is 2. The Morgan fingerprint density at radius 1 is 0.939 bits per heavy atom. The molecule has 1 fully saturated rings. The summed E-state index contributed by atoms with van der Waals surface area (Å²) >= 11 is 0. The lowest BCUT2D eigenvalue weighted by atomic mass is 10.2. The average molecular weight is 446 g/mol. The van der Waals surface area contributed by atoms with Gasteiger partial charge in [0.15, 0.2) is 5.82 Å². The van der Waals surface area contributed by atoms with Crippen molar-refractivity contribution in [3.63, 3.8) is 0 Å². The Labute approximate surface area is 192 Å². The first-order valence-electron chi connectivity index (χ1n) is 11.0. The molecule has 1 saturated heterocycles. The molecular formula is C24H27N7O2. The van der Waals surface area contributed by atoms with Gasteiger partial charge in [-0.15, -0.1) is 0 Å². The number of anilines is 2. The van der Waals surface area contributed by atoms with Crippen molar-refractivity contribution in [2.75, 3.05) is 42.9 Å². The van der Waals surface area contributed by atoms with Crippen LogP contribution in [-0.2, 0) is 6.54 Å². The number of aromatic nitrogens is 3. The minimum absolute atomic E-state index is 0.136. The topological polar surface area (TPSA) is 103 Å². The molecule has 2 amide bonds. The van der Waals surface area contributed by atoms with Crippen molar-refractivity contribution in [3.05, 3.63) is 78.0 Å². The molecule has 0 aromatic carbocycles. The maximum Gasteiger partial charge on any atom is 0.272 e. The summed E-state index contributed by atoms with van der Waals surface area (Å²) in [6.07, 6.45) is 4.90. The Morgan fingerprint density at radius 2 is 1.76 bits per heavy atom. The van der Waals surface area contributed by atoms with E-state index in [1.54, 1.807) is 29.4 Å². The predicted octanol–water partition coefficient (Wildman–Crippen LogP) is 2.20. The molecule has 4 heterocycles. The first-order chi connectivity index (χ1) is 16.2. The molecule has 3 aromatic rings. The second kappa shape index (κ2) is 10.5. The summed E-state index contributed by atoms with van der Waals surface area (Å²) < 4.78 is 0. The Kier molecular flexibility index (Phi) is 7.09. The van der Waals surface area contributed by atoms with E-state index in [2.05, 4.69) is 37.4 Å². The molecule has 0 bridgehead atoms. The molecular weight excluding hydrogens is 418 g/mol. The van der Waals surface area contributed by atoms with Crippen LogP contribution in [0.25, 0.3) is 0 Å². The van der Waals surface area contributed by atoms with Gasteiger partial charge in [0.25, 0.3) is 11.8 Å². The minimum Gasteiger partial charge on any atom is -0.382 e. The Bertz CT molecular complexity index is 1080. The van der Waals surface area contributed by atoms with Gasteiger partial charge in [0.2, 0.25) is 0 Å². The van der Waals surface area contributed by atoms with Crippen LogP contribution in [0.1, 0.15) is 33.5 Å². The van der Waals surface area contributed by atoms with Crippen LogP contribution in [0.2, 0.25) is 0 Å². The van der Waals surface area contributed by atoms with Gasteiger partial charge in [0, 0.05) is 51.3 Å². The summed E-state index contributed by atoms with van der Waals surface area (Å²) in [5, 5.41) is 6.14. The molecule has 1 aliphatic rings. The summed E-state index contributed by atoms with van der Waals surface area (Å²) in [6, 6.07) is 12.7. The highest BCUT2D eigenvalue weighted by Crippen LogP contribution is 2.24. The fourth-order valence-electron chi connectivity index (χ4n) is 3.69. The highest BCUT2D eigenvalue weighted by molar-refractivity contribution is 5.96. The lowest BCUT2D eigenvalue weighted by Gasteiger charge is -2.36. The van der Waals surface area contributed by atoms with E-state index >= 15 is 0 Å². The molecule has 4 rings (SSSR count). The Hall–Kier alpha value is -4.01. The van der Waals surface area contributed by atoms with E-state index in [4.69, 9.17) is 0 Å². The summed E-state index contributed by atoms with van der Waals surface area (Å²) in [6.45, 7) is 5.74. The molecule has 2 N–H and O–H groups in total. The molecule has 3 aromatic heterocycles. The van der Waals surface area contributed by atoms with Gasteiger partial charge in [0.05, 0.1) is 23.5 Å². The number of rotatable bonds is 7. The van der Waals surface area contributed by atoms with Crippen molar-refractivity contribution in [1.82, 2.24) is 25.2 Å². The van der Waals surface area contributed by atoms with Gasteiger partial charge in [-0.05, 0) is 43.3 Å². The van der Waals surface area contributed by atoms with Gasteiger partial charge in [0.1, 0.15) is 5.69 Å². The van der Waals surface area contributed by atoms with Gasteiger partial charge < -0.3 is 20.4 Å². The number of carbonyl (C=O) groups is 2. The number of hydrogen-bond donors (Lipinski definition) is 2. The largest absolute Gasteiger partial charge is 0.382 e. The summed E-state index contributed by atoms with van der Waals surface area (Å²) in [7, 11) is 0. The molecule has 0 atom stereocenters. The van der Waals surface area contributed by atoms with Crippen LogP contribution in [-0.4, -0.2) is 64.4 Å². The molecule has 0 aliphatic carbocycles. The van der Waals surface area contributed by atoms with Crippen LogP contribution in [0.15, 0.2) is 61.1 Å². The molecule has 1 aliphatic heterocycles. The molecule has 0 radical (unpaired) electrons. The highest BCUT2D eigenvalue weighted by Gasteiger charge is 2.25. The Balaban J connectivity index is 1.32. The van der Waals surface area contributed by atoms with Crippen LogP contribution in [0.3, 0.4) is 0 Å². The van der Waals surface area contributed by atoms with E-state index in [1.807, 2.05) is 30.3 Å².